The summed E-state index contributed by atoms with van der Waals surface area (Å²) in [6.07, 6.45) is 2.00. The molecular weight excluding hydrogens is 438 g/mol. The summed E-state index contributed by atoms with van der Waals surface area (Å²) in [5, 5.41) is 14.7. The van der Waals surface area contributed by atoms with E-state index in [4.69, 9.17) is 0 Å². The van der Waals surface area contributed by atoms with Gasteiger partial charge in [0, 0.05) is 11.8 Å². The fraction of sp³-hybridized carbons (Fsp3) is 0.120. The highest BCUT2D eigenvalue weighted by Gasteiger charge is 2.32. The number of rotatable bonds is 5. The molecule has 9 heteroatoms. The highest BCUT2D eigenvalue weighted by Crippen LogP contribution is 2.36. The number of aryl methyl sites for hydroxylation is 1. The van der Waals surface area contributed by atoms with Gasteiger partial charge in [0.05, 0.1) is 5.70 Å². The van der Waals surface area contributed by atoms with Crippen LogP contribution in [-0.4, -0.2) is 32.7 Å². The number of carbonyl (C=O) groups is 1. The molecule has 0 radical (unpaired) electrons. The molecule has 0 bridgehead atoms. The maximum atomic E-state index is 13.6. The third-order valence-corrected chi connectivity index (χ3v) is 5.52. The Balaban J connectivity index is 1.52. The predicted octanol–water partition coefficient (Wildman–Crippen LogP) is 4.35. The average molecular weight is 458 g/mol. The van der Waals surface area contributed by atoms with Crippen molar-refractivity contribution in [2.75, 3.05) is 16.8 Å². The molecule has 0 aliphatic carbocycles. The van der Waals surface area contributed by atoms with Gasteiger partial charge in [0.2, 0.25) is 5.91 Å². The van der Waals surface area contributed by atoms with E-state index in [0.717, 1.165) is 40.6 Å². The zero-order valence-electron chi connectivity index (χ0n) is 18.2. The van der Waals surface area contributed by atoms with Crippen LogP contribution in [0.3, 0.4) is 0 Å². The van der Waals surface area contributed by atoms with E-state index in [1.165, 1.54) is 0 Å². The lowest BCUT2D eigenvalue weighted by Crippen LogP contribution is -2.37. The third kappa shape index (κ3) is 4.27. The summed E-state index contributed by atoms with van der Waals surface area (Å²) in [6.45, 7) is 1.85. The molecule has 7 nitrogen and oxygen atoms in total. The lowest BCUT2D eigenvalue weighted by atomic mass is 10.00. The van der Waals surface area contributed by atoms with Gasteiger partial charge in [-0.2, -0.15) is 4.68 Å². The van der Waals surface area contributed by atoms with Crippen molar-refractivity contribution >= 4 is 23.2 Å². The number of tetrazole rings is 1. The second-order valence-electron chi connectivity index (χ2n) is 7.99. The van der Waals surface area contributed by atoms with Crippen LogP contribution >= 0.6 is 0 Å². The molecule has 5 rings (SSSR count). The zero-order chi connectivity index (χ0) is 23.7. The Bertz CT molecular complexity index is 1350. The van der Waals surface area contributed by atoms with Crippen LogP contribution in [0.15, 0.2) is 78.9 Å². The average Bonchev–Trinajstić information content (AvgIpc) is 3.30. The molecule has 2 heterocycles. The SMILES string of the molecule is Cc1ccc([C@@H]2C=C(c3ccccc3)N(CC(=O)Nc3cc(F)cc(F)c3)c3nnnn32)cc1. The van der Waals surface area contributed by atoms with Crippen molar-refractivity contribution in [3.05, 3.63) is 107 Å². The molecule has 1 aliphatic heterocycles. The minimum absolute atomic E-state index is 0.0295. The summed E-state index contributed by atoms with van der Waals surface area (Å²) in [4.78, 5) is 14.6. The molecule has 0 spiro atoms. The molecule has 1 amide bonds. The molecule has 3 aromatic carbocycles. The Morgan fingerprint density at radius 1 is 1.00 bits per heavy atom. The Labute approximate surface area is 194 Å². The molecule has 0 unspecified atom stereocenters. The van der Waals surface area contributed by atoms with E-state index in [-0.39, 0.29) is 18.3 Å². The Morgan fingerprint density at radius 3 is 2.41 bits per heavy atom. The predicted molar refractivity (Wildman–Crippen MR) is 124 cm³/mol. The van der Waals surface area contributed by atoms with Crippen LogP contribution < -0.4 is 10.2 Å². The van der Waals surface area contributed by atoms with Crippen LogP contribution in [0.2, 0.25) is 0 Å². The largest absolute Gasteiger partial charge is 0.324 e. The molecule has 1 atom stereocenters. The van der Waals surface area contributed by atoms with Gasteiger partial charge in [0.1, 0.15) is 24.2 Å². The van der Waals surface area contributed by atoms with Crippen LogP contribution in [0.4, 0.5) is 20.4 Å². The van der Waals surface area contributed by atoms with Crippen LogP contribution in [0, 0.1) is 18.6 Å². The minimum Gasteiger partial charge on any atom is -0.324 e. The molecule has 170 valence electrons. The number of anilines is 2. The topological polar surface area (TPSA) is 75.9 Å². The second kappa shape index (κ2) is 8.86. The number of amides is 1. The fourth-order valence-corrected chi connectivity index (χ4v) is 3.95. The summed E-state index contributed by atoms with van der Waals surface area (Å²) in [7, 11) is 0. The molecule has 0 fully saturated rings. The Kier molecular flexibility index (Phi) is 5.59. The number of hydrogen-bond donors (Lipinski definition) is 1. The number of halogens is 2. The monoisotopic (exact) mass is 458 g/mol. The van der Waals surface area contributed by atoms with E-state index < -0.39 is 17.5 Å². The highest BCUT2D eigenvalue weighted by molar-refractivity contribution is 5.97. The van der Waals surface area contributed by atoms with Crippen molar-refractivity contribution in [1.82, 2.24) is 20.2 Å². The number of carbonyl (C=O) groups excluding carboxylic acids is 1. The van der Waals surface area contributed by atoms with Crippen LogP contribution in [0.25, 0.3) is 5.70 Å². The molecule has 4 aromatic rings. The van der Waals surface area contributed by atoms with Crippen LogP contribution in [0.1, 0.15) is 22.7 Å². The summed E-state index contributed by atoms with van der Waals surface area (Å²) in [6, 6.07) is 20.2. The van der Waals surface area contributed by atoms with E-state index >= 15 is 0 Å². The zero-order valence-corrected chi connectivity index (χ0v) is 18.2. The van der Waals surface area contributed by atoms with Crippen molar-refractivity contribution in [1.29, 1.82) is 0 Å². The van der Waals surface area contributed by atoms with Crippen molar-refractivity contribution in [2.45, 2.75) is 13.0 Å². The van der Waals surface area contributed by atoms with Crippen LogP contribution in [0.5, 0.6) is 0 Å². The highest BCUT2D eigenvalue weighted by atomic mass is 19.1. The van der Waals surface area contributed by atoms with Crippen LogP contribution in [-0.2, 0) is 4.79 Å². The number of allylic oxidation sites excluding steroid dienone is 1. The maximum absolute atomic E-state index is 13.6. The summed E-state index contributed by atoms with van der Waals surface area (Å²) in [5.41, 5.74) is 3.78. The quantitative estimate of drug-likeness (QED) is 0.481. The number of aromatic nitrogens is 4. The molecule has 0 saturated heterocycles. The maximum Gasteiger partial charge on any atom is 0.251 e. The first-order chi connectivity index (χ1) is 16.5. The first kappa shape index (κ1) is 21.4. The van der Waals surface area contributed by atoms with Gasteiger partial charge in [0.25, 0.3) is 5.95 Å². The van der Waals surface area contributed by atoms with Gasteiger partial charge in [-0.15, -0.1) is 0 Å². The Morgan fingerprint density at radius 2 is 1.71 bits per heavy atom. The summed E-state index contributed by atoms with van der Waals surface area (Å²) < 4.78 is 28.8. The number of nitrogens with zero attached hydrogens (tertiary/aromatic N) is 5. The molecular formula is C25H20F2N6O. The molecule has 1 aliphatic rings. The van der Waals surface area contributed by atoms with Crippen molar-refractivity contribution < 1.29 is 13.6 Å². The second-order valence-corrected chi connectivity index (χ2v) is 7.99. The van der Waals surface area contributed by atoms with Gasteiger partial charge >= 0.3 is 0 Å². The van der Waals surface area contributed by atoms with Gasteiger partial charge < -0.3 is 5.32 Å². The fourth-order valence-electron chi connectivity index (χ4n) is 3.95. The van der Waals surface area contributed by atoms with Gasteiger partial charge in [-0.05, 0) is 46.7 Å². The number of hydrogen-bond acceptors (Lipinski definition) is 5. The Hall–Kier alpha value is -4.40. The molecule has 0 saturated carbocycles. The first-order valence-corrected chi connectivity index (χ1v) is 10.6. The minimum atomic E-state index is -0.775. The smallest absolute Gasteiger partial charge is 0.251 e. The molecule has 1 N–H and O–H groups in total. The van der Waals surface area contributed by atoms with E-state index in [0.29, 0.717) is 5.95 Å². The molecule has 1 aromatic heterocycles. The van der Waals surface area contributed by atoms with E-state index in [1.54, 1.807) is 9.58 Å². The van der Waals surface area contributed by atoms with Crippen molar-refractivity contribution in [3.63, 3.8) is 0 Å². The van der Waals surface area contributed by atoms with Crippen molar-refractivity contribution in [2.24, 2.45) is 0 Å². The third-order valence-electron chi connectivity index (χ3n) is 5.52. The summed E-state index contributed by atoms with van der Waals surface area (Å²) >= 11 is 0. The number of fused-ring (bicyclic) bond motifs is 1. The van der Waals surface area contributed by atoms with E-state index in [1.807, 2.05) is 67.6 Å². The lowest BCUT2D eigenvalue weighted by molar-refractivity contribution is -0.114. The normalized spacial score (nSPS) is 15.0. The summed E-state index contributed by atoms with van der Waals surface area (Å²) in [5.74, 6) is -1.64. The van der Waals surface area contributed by atoms with Crippen molar-refractivity contribution in [3.8, 4) is 0 Å². The lowest BCUT2D eigenvalue weighted by Gasteiger charge is -2.32. The van der Waals surface area contributed by atoms with E-state index in [9.17, 15) is 13.6 Å². The first-order valence-electron chi connectivity index (χ1n) is 10.6. The number of benzene rings is 3. The standard InChI is InChI=1S/C25H20F2N6O/c1-16-7-9-18(10-8-16)23-14-22(17-5-3-2-4-6-17)32(25-29-30-31-33(23)25)15-24(34)28-21-12-19(26)11-20(27)13-21/h2-14,23H,15H2,1H3,(H,28,34)/t23-/m0/s1. The van der Waals surface area contributed by atoms with Gasteiger partial charge in [0.15, 0.2) is 0 Å². The van der Waals surface area contributed by atoms with E-state index in [2.05, 4.69) is 20.8 Å². The van der Waals surface area contributed by atoms with Gasteiger partial charge in [-0.3, -0.25) is 9.69 Å². The number of nitrogens with one attached hydrogen (secondary N) is 1. The van der Waals surface area contributed by atoms with Gasteiger partial charge in [-0.25, -0.2) is 8.78 Å². The van der Waals surface area contributed by atoms with Gasteiger partial charge in [-0.1, -0.05) is 65.3 Å². The molecule has 34 heavy (non-hydrogen) atoms.